The second-order valence-electron chi connectivity index (χ2n) is 7.21. The lowest BCUT2D eigenvalue weighted by Gasteiger charge is -2.14. The first-order valence-electron chi connectivity index (χ1n) is 8.47. The fourth-order valence-corrected chi connectivity index (χ4v) is 3.21. The standard InChI is InChI=1S/C19H22N4O2S/c1-12-5-7-13(8-6-12)17-22-16(25-23-17)10-9-15(24)21-18-20-14(11-26-18)19(2,3)4/h5-8,11H,9-10H2,1-4H3,(H,20,21,24). The second-order valence-corrected chi connectivity index (χ2v) is 8.07. The molecule has 1 N–H and O–H groups in total. The molecule has 0 fully saturated rings. The predicted molar refractivity (Wildman–Crippen MR) is 102 cm³/mol. The van der Waals surface area contributed by atoms with Gasteiger partial charge in [-0.15, -0.1) is 11.3 Å². The van der Waals surface area contributed by atoms with Gasteiger partial charge in [-0.1, -0.05) is 55.8 Å². The molecule has 136 valence electrons. The molecule has 1 aromatic carbocycles. The molecule has 26 heavy (non-hydrogen) atoms. The van der Waals surface area contributed by atoms with E-state index in [1.54, 1.807) is 0 Å². The topological polar surface area (TPSA) is 80.9 Å². The lowest BCUT2D eigenvalue weighted by atomic mass is 9.93. The van der Waals surface area contributed by atoms with Crippen molar-refractivity contribution in [2.45, 2.75) is 46.0 Å². The van der Waals surface area contributed by atoms with Crippen LogP contribution in [0.3, 0.4) is 0 Å². The molecule has 0 aliphatic rings. The first kappa shape index (κ1) is 18.3. The molecule has 0 radical (unpaired) electrons. The number of aromatic nitrogens is 3. The number of anilines is 1. The van der Waals surface area contributed by atoms with Gasteiger partial charge < -0.3 is 9.84 Å². The maximum absolute atomic E-state index is 12.1. The van der Waals surface area contributed by atoms with Crippen LogP contribution in [0.5, 0.6) is 0 Å². The Bertz CT molecular complexity index is 891. The van der Waals surface area contributed by atoms with Crippen LogP contribution in [-0.2, 0) is 16.6 Å². The van der Waals surface area contributed by atoms with E-state index in [-0.39, 0.29) is 17.7 Å². The summed E-state index contributed by atoms with van der Waals surface area (Å²) in [4.78, 5) is 20.9. The minimum absolute atomic E-state index is 0.0321. The van der Waals surface area contributed by atoms with E-state index in [1.165, 1.54) is 16.9 Å². The number of nitrogens with one attached hydrogen (secondary N) is 1. The maximum Gasteiger partial charge on any atom is 0.227 e. The molecule has 0 spiro atoms. The molecule has 3 aromatic rings. The van der Waals surface area contributed by atoms with Gasteiger partial charge in [-0.2, -0.15) is 4.98 Å². The Balaban J connectivity index is 1.55. The third-order valence-corrected chi connectivity index (χ3v) is 4.62. The van der Waals surface area contributed by atoms with E-state index in [4.69, 9.17) is 4.52 Å². The molecule has 1 amide bonds. The van der Waals surface area contributed by atoms with Crippen LogP contribution in [-0.4, -0.2) is 21.0 Å². The smallest absolute Gasteiger partial charge is 0.227 e. The summed E-state index contributed by atoms with van der Waals surface area (Å²) in [6.45, 7) is 8.30. The SMILES string of the molecule is Cc1ccc(-c2noc(CCC(=O)Nc3nc(C(C)(C)C)cs3)n2)cc1. The summed E-state index contributed by atoms with van der Waals surface area (Å²) in [5, 5.41) is 9.40. The van der Waals surface area contributed by atoms with Crippen molar-refractivity contribution in [3.8, 4) is 11.4 Å². The van der Waals surface area contributed by atoms with Crippen molar-refractivity contribution in [2.24, 2.45) is 0 Å². The van der Waals surface area contributed by atoms with Crippen molar-refractivity contribution in [1.29, 1.82) is 0 Å². The van der Waals surface area contributed by atoms with E-state index in [9.17, 15) is 4.79 Å². The summed E-state index contributed by atoms with van der Waals surface area (Å²) in [5.74, 6) is 0.871. The molecular weight excluding hydrogens is 348 g/mol. The van der Waals surface area contributed by atoms with Crippen LogP contribution >= 0.6 is 11.3 Å². The zero-order chi connectivity index (χ0) is 18.7. The van der Waals surface area contributed by atoms with Crippen LogP contribution in [0.2, 0.25) is 0 Å². The molecule has 0 bridgehead atoms. The Morgan fingerprint density at radius 1 is 1.19 bits per heavy atom. The van der Waals surface area contributed by atoms with Crippen LogP contribution in [0.4, 0.5) is 5.13 Å². The molecule has 3 rings (SSSR count). The molecule has 6 nitrogen and oxygen atoms in total. The molecule has 7 heteroatoms. The third kappa shape index (κ3) is 4.54. The monoisotopic (exact) mass is 370 g/mol. The van der Waals surface area contributed by atoms with Gasteiger partial charge in [-0.3, -0.25) is 4.79 Å². The number of nitrogens with zero attached hydrogens (tertiary/aromatic N) is 3. The van der Waals surface area contributed by atoms with Crippen LogP contribution in [0.1, 0.15) is 44.3 Å². The predicted octanol–water partition coefficient (Wildman–Crippen LogP) is 4.37. The van der Waals surface area contributed by atoms with Crippen LogP contribution in [0.25, 0.3) is 11.4 Å². The van der Waals surface area contributed by atoms with Crippen LogP contribution in [0, 0.1) is 6.92 Å². The molecule has 0 unspecified atom stereocenters. The normalized spacial score (nSPS) is 11.5. The van der Waals surface area contributed by atoms with Crippen molar-refractivity contribution < 1.29 is 9.32 Å². The minimum atomic E-state index is -0.116. The summed E-state index contributed by atoms with van der Waals surface area (Å²) in [5.41, 5.74) is 3.01. The summed E-state index contributed by atoms with van der Waals surface area (Å²) in [7, 11) is 0. The number of aryl methyl sites for hydroxylation is 2. The van der Waals surface area contributed by atoms with Crippen molar-refractivity contribution in [1.82, 2.24) is 15.1 Å². The van der Waals surface area contributed by atoms with Gasteiger partial charge in [0.05, 0.1) is 5.69 Å². The molecule has 0 atom stereocenters. The average Bonchev–Trinajstić information content (AvgIpc) is 3.22. The highest BCUT2D eigenvalue weighted by Crippen LogP contribution is 2.26. The van der Waals surface area contributed by atoms with Gasteiger partial charge in [0.2, 0.25) is 17.6 Å². The van der Waals surface area contributed by atoms with Gasteiger partial charge in [0.25, 0.3) is 0 Å². The molecular formula is C19H22N4O2S. The Hall–Kier alpha value is -2.54. The van der Waals surface area contributed by atoms with Crippen molar-refractivity contribution in [3.63, 3.8) is 0 Å². The van der Waals surface area contributed by atoms with E-state index in [0.717, 1.165) is 11.3 Å². The van der Waals surface area contributed by atoms with Crippen LogP contribution in [0.15, 0.2) is 34.2 Å². The second kappa shape index (κ2) is 7.37. The first-order chi connectivity index (χ1) is 12.3. The van der Waals surface area contributed by atoms with E-state index >= 15 is 0 Å². The summed E-state index contributed by atoms with van der Waals surface area (Å²) < 4.78 is 5.24. The molecule has 0 aliphatic heterocycles. The minimum Gasteiger partial charge on any atom is -0.339 e. The van der Waals surface area contributed by atoms with Crippen LogP contribution < -0.4 is 5.32 Å². The number of benzene rings is 1. The first-order valence-corrected chi connectivity index (χ1v) is 9.35. The van der Waals surface area contributed by atoms with E-state index in [1.807, 2.05) is 36.6 Å². The number of hydrogen-bond acceptors (Lipinski definition) is 6. The highest BCUT2D eigenvalue weighted by Gasteiger charge is 2.18. The quantitative estimate of drug-likeness (QED) is 0.721. The highest BCUT2D eigenvalue weighted by molar-refractivity contribution is 7.13. The molecule has 0 saturated heterocycles. The molecule has 0 aliphatic carbocycles. The summed E-state index contributed by atoms with van der Waals surface area (Å²) in [6.07, 6.45) is 0.655. The zero-order valence-electron chi connectivity index (χ0n) is 15.4. The number of thiazole rings is 1. The molecule has 2 aromatic heterocycles. The average molecular weight is 370 g/mol. The lowest BCUT2D eigenvalue weighted by molar-refractivity contribution is -0.116. The summed E-state index contributed by atoms with van der Waals surface area (Å²) >= 11 is 1.43. The zero-order valence-corrected chi connectivity index (χ0v) is 16.2. The highest BCUT2D eigenvalue weighted by atomic mass is 32.1. The van der Waals surface area contributed by atoms with Crippen molar-refractivity contribution in [3.05, 3.63) is 46.8 Å². The number of carbonyl (C=O) groups excluding carboxylic acids is 1. The van der Waals surface area contributed by atoms with E-state index in [2.05, 4.69) is 41.2 Å². The lowest BCUT2D eigenvalue weighted by Crippen LogP contribution is -2.14. The Morgan fingerprint density at radius 2 is 1.92 bits per heavy atom. The maximum atomic E-state index is 12.1. The van der Waals surface area contributed by atoms with Crippen molar-refractivity contribution >= 4 is 22.4 Å². The number of hydrogen-bond donors (Lipinski definition) is 1. The van der Waals surface area contributed by atoms with Gasteiger partial charge in [0.1, 0.15) is 0 Å². The van der Waals surface area contributed by atoms with Gasteiger partial charge in [-0.05, 0) is 6.92 Å². The number of rotatable bonds is 5. The van der Waals surface area contributed by atoms with E-state index in [0.29, 0.717) is 23.3 Å². The Kier molecular flexibility index (Phi) is 5.18. The van der Waals surface area contributed by atoms with E-state index < -0.39 is 0 Å². The van der Waals surface area contributed by atoms with Gasteiger partial charge in [-0.25, -0.2) is 4.98 Å². The van der Waals surface area contributed by atoms with Gasteiger partial charge in [0, 0.05) is 29.2 Å². The number of carbonyl (C=O) groups is 1. The fourth-order valence-electron chi connectivity index (χ4n) is 2.25. The number of amides is 1. The molecule has 2 heterocycles. The van der Waals surface area contributed by atoms with Crippen molar-refractivity contribution in [2.75, 3.05) is 5.32 Å². The summed E-state index contributed by atoms with van der Waals surface area (Å²) in [6, 6.07) is 7.90. The fraction of sp³-hybridized carbons (Fsp3) is 0.368. The Labute approximate surface area is 156 Å². The Morgan fingerprint density at radius 3 is 2.58 bits per heavy atom. The van der Waals surface area contributed by atoms with Gasteiger partial charge >= 0.3 is 0 Å². The molecule has 0 saturated carbocycles. The third-order valence-electron chi connectivity index (χ3n) is 3.86. The largest absolute Gasteiger partial charge is 0.339 e. The van der Waals surface area contributed by atoms with Gasteiger partial charge in [0.15, 0.2) is 5.13 Å².